The molecule has 0 aliphatic rings. The van der Waals surface area contributed by atoms with E-state index in [9.17, 15) is 9.59 Å². The van der Waals surface area contributed by atoms with Crippen molar-refractivity contribution in [3.63, 3.8) is 0 Å². The minimum absolute atomic E-state index is 0.234. The minimum Gasteiger partial charge on any atom is -0.465 e. The van der Waals surface area contributed by atoms with E-state index in [1.807, 2.05) is 17.8 Å². The number of esters is 1. The van der Waals surface area contributed by atoms with Crippen LogP contribution in [0, 0.1) is 0 Å². The highest BCUT2D eigenvalue weighted by Crippen LogP contribution is 2.19. The van der Waals surface area contributed by atoms with Crippen LogP contribution >= 0.6 is 11.8 Å². The second kappa shape index (κ2) is 6.25. The molecule has 7 nitrogen and oxygen atoms in total. The number of ether oxygens (including phenoxy) is 1. The Morgan fingerprint density at radius 3 is 2.96 bits per heavy atom. The largest absolute Gasteiger partial charge is 0.465 e. The Balaban J connectivity index is 1.93. The summed E-state index contributed by atoms with van der Waals surface area (Å²) in [5, 5.41) is 1.26. The Hall–Kier alpha value is -2.61. The number of aromatic amines is 1. The average molecular weight is 330 g/mol. The molecule has 1 N–H and O–H groups in total. The first-order valence-electron chi connectivity index (χ1n) is 6.80. The molecule has 0 fully saturated rings. The van der Waals surface area contributed by atoms with E-state index in [0.717, 1.165) is 5.16 Å². The van der Waals surface area contributed by atoms with Gasteiger partial charge in [0.05, 0.1) is 29.3 Å². The summed E-state index contributed by atoms with van der Waals surface area (Å²) in [5.74, 6) is 0.536. The number of H-pyrrole nitrogens is 1. The molecule has 118 valence electrons. The zero-order chi connectivity index (χ0) is 16.4. The Labute approximate surface area is 135 Å². The zero-order valence-corrected chi connectivity index (χ0v) is 13.4. The molecule has 0 atom stereocenters. The Morgan fingerprint density at radius 2 is 2.26 bits per heavy atom. The van der Waals surface area contributed by atoms with Crippen molar-refractivity contribution in [2.75, 3.05) is 7.11 Å². The average Bonchev–Trinajstić information content (AvgIpc) is 2.96. The lowest BCUT2D eigenvalue weighted by Gasteiger charge is -2.05. The molecule has 0 saturated heterocycles. The van der Waals surface area contributed by atoms with Crippen LogP contribution in [0.4, 0.5) is 0 Å². The number of hydrogen-bond donors (Lipinski definition) is 1. The van der Waals surface area contributed by atoms with Gasteiger partial charge in [-0.05, 0) is 18.2 Å². The lowest BCUT2D eigenvalue weighted by atomic mass is 10.1. The summed E-state index contributed by atoms with van der Waals surface area (Å²) in [6, 6.07) is 4.68. The zero-order valence-electron chi connectivity index (χ0n) is 12.6. The van der Waals surface area contributed by atoms with Gasteiger partial charge in [0, 0.05) is 19.4 Å². The summed E-state index contributed by atoms with van der Waals surface area (Å²) in [6.45, 7) is 0. The summed E-state index contributed by atoms with van der Waals surface area (Å²) in [5.41, 5.74) is 0.592. The monoisotopic (exact) mass is 330 g/mol. The number of hydrogen-bond acceptors (Lipinski definition) is 6. The molecule has 8 heteroatoms. The molecule has 0 radical (unpaired) electrons. The van der Waals surface area contributed by atoms with Gasteiger partial charge in [0.2, 0.25) is 0 Å². The van der Waals surface area contributed by atoms with Crippen LogP contribution in [-0.4, -0.2) is 32.6 Å². The van der Waals surface area contributed by atoms with Gasteiger partial charge < -0.3 is 14.3 Å². The number of nitrogens with zero attached hydrogens (tertiary/aromatic N) is 3. The summed E-state index contributed by atoms with van der Waals surface area (Å²) in [6.07, 6.45) is 3.56. The first-order chi connectivity index (χ1) is 11.1. The van der Waals surface area contributed by atoms with Gasteiger partial charge in [-0.3, -0.25) is 4.79 Å². The van der Waals surface area contributed by atoms with E-state index >= 15 is 0 Å². The second-order valence-electron chi connectivity index (χ2n) is 4.85. The molecule has 23 heavy (non-hydrogen) atoms. The van der Waals surface area contributed by atoms with Gasteiger partial charge in [-0.1, -0.05) is 11.8 Å². The van der Waals surface area contributed by atoms with E-state index in [2.05, 4.69) is 19.7 Å². The van der Waals surface area contributed by atoms with Gasteiger partial charge in [-0.25, -0.2) is 14.8 Å². The third-order valence-electron chi connectivity index (χ3n) is 3.29. The van der Waals surface area contributed by atoms with Crippen molar-refractivity contribution in [1.82, 2.24) is 19.5 Å². The van der Waals surface area contributed by atoms with E-state index in [1.165, 1.54) is 18.9 Å². The van der Waals surface area contributed by atoms with Crippen molar-refractivity contribution in [2.24, 2.45) is 7.05 Å². The molecule has 3 aromatic rings. The molecular weight excluding hydrogens is 316 g/mol. The fourth-order valence-corrected chi connectivity index (χ4v) is 2.93. The second-order valence-corrected chi connectivity index (χ2v) is 5.79. The number of benzene rings is 1. The Bertz CT molecular complexity index is 932. The van der Waals surface area contributed by atoms with E-state index < -0.39 is 5.97 Å². The van der Waals surface area contributed by atoms with E-state index in [-0.39, 0.29) is 5.56 Å². The molecule has 3 rings (SSSR count). The number of rotatable bonds is 4. The first-order valence-corrected chi connectivity index (χ1v) is 7.78. The van der Waals surface area contributed by atoms with Gasteiger partial charge in [-0.2, -0.15) is 0 Å². The van der Waals surface area contributed by atoms with Crippen molar-refractivity contribution in [3.8, 4) is 0 Å². The summed E-state index contributed by atoms with van der Waals surface area (Å²) in [7, 11) is 3.21. The quantitative estimate of drug-likeness (QED) is 0.579. The predicted octanol–water partition coefficient (Wildman–Crippen LogP) is 1.74. The molecule has 0 spiro atoms. The van der Waals surface area contributed by atoms with Crippen LogP contribution in [-0.2, 0) is 17.5 Å². The highest BCUT2D eigenvalue weighted by Gasteiger charge is 2.10. The van der Waals surface area contributed by atoms with Gasteiger partial charge in [0.15, 0.2) is 5.16 Å². The van der Waals surface area contributed by atoms with E-state index in [1.54, 1.807) is 24.4 Å². The number of methoxy groups -OCH3 is 1. The van der Waals surface area contributed by atoms with E-state index in [0.29, 0.717) is 28.0 Å². The molecule has 0 saturated carbocycles. The Kier molecular flexibility index (Phi) is 4.16. The normalized spacial score (nSPS) is 10.9. The van der Waals surface area contributed by atoms with Crippen LogP contribution in [0.5, 0.6) is 0 Å². The SMILES string of the molecule is COC(=O)c1ccc2c(=O)[nH]c(CSc3nccn3C)nc2c1. The lowest BCUT2D eigenvalue weighted by Crippen LogP contribution is -2.12. The fourth-order valence-electron chi connectivity index (χ4n) is 2.12. The number of carbonyl (C=O) groups excluding carboxylic acids is 1. The van der Waals surface area contributed by atoms with Gasteiger partial charge in [0.1, 0.15) is 5.82 Å². The molecular formula is C15H14N4O3S. The summed E-state index contributed by atoms with van der Waals surface area (Å²) in [4.78, 5) is 35.1. The van der Waals surface area contributed by atoms with Crippen molar-refractivity contribution < 1.29 is 9.53 Å². The van der Waals surface area contributed by atoms with Crippen LogP contribution in [0.2, 0.25) is 0 Å². The van der Waals surface area contributed by atoms with Crippen molar-refractivity contribution >= 4 is 28.6 Å². The van der Waals surface area contributed by atoms with Crippen molar-refractivity contribution in [3.05, 3.63) is 52.3 Å². The highest BCUT2D eigenvalue weighted by molar-refractivity contribution is 7.98. The van der Waals surface area contributed by atoms with Crippen LogP contribution in [0.15, 0.2) is 40.5 Å². The smallest absolute Gasteiger partial charge is 0.337 e. The fraction of sp³-hybridized carbons (Fsp3) is 0.200. The third kappa shape index (κ3) is 3.11. The number of aromatic nitrogens is 4. The molecule has 2 aromatic heterocycles. The van der Waals surface area contributed by atoms with Gasteiger partial charge >= 0.3 is 5.97 Å². The van der Waals surface area contributed by atoms with Gasteiger partial charge in [-0.15, -0.1) is 0 Å². The minimum atomic E-state index is -0.460. The number of imidazole rings is 1. The van der Waals surface area contributed by atoms with Gasteiger partial charge in [0.25, 0.3) is 5.56 Å². The van der Waals surface area contributed by atoms with E-state index in [4.69, 9.17) is 0 Å². The number of aryl methyl sites for hydroxylation is 1. The van der Waals surface area contributed by atoms with Crippen molar-refractivity contribution in [1.29, 1.82) is 0 Å². The topological polar surface area (TPSA) is 89.9 Å². The Morgan fingerprint density at radius 1 is 1.43 bits per heavy atom. The standard InChI is InChI=1S/C15H14N4O3S/c1-19-6-5-16-15(19)23-8-12-17-11-7-9(14(21)22-2)3-4-10(11)13(20)18-12/h3-7H,8H2,1-2H3,(H,17,18,20). The summed E-state index contributed by atoms with van der Waals surface area (Å²) < 4.78 is 6.58. The third-order valence-corrected chi connectivity index (χ3v) is 4.36. The highest BCUT2D eigenvalue weighted by atomic mass is 32.2. The van der Waals surface area contributed by atoms with Crippen LogP contribution < -0.4 is 5.56 Å². The molecule has 2 heterocycles. The molecule has 0 amide bonds. The number of nitrogens with one attached hydrogen (secondary N) is 1. The molecule has 0 aliphatic carbocycles. The maximum absolute atomic E-state index is 12.1. The number of fused-ring (bicyclic) bond motifs is 1. The van der Waals surface area contributed by atoms with Crippen LogP contribution in [0.1, 0.15) is 16.2 Å². The molecule has 0 unspecified atom stereocenters. The molecule has 1 aromatic carbocycles. The maximum Gasteiger partial charge on any atom is 0.337 e. The van der Waals surface area contributed by atoms with Crippen LogP contribution in [0.3, 0.4) is 0 Å². The number of thioether (sulfide) groups is 1. The molecule has 0 aliphatic heterocycles. The first kappa shape index (κ1) is 15.3. The maximum atomic E-state index is 12.1. The van der Waals surface area contributed by atoms with Crippen LogP contribution in [0.25, 0.3) is 10.9 Å². The predicted molar refractivity (Wildman–Crippen MR) is 86.5 cm³/mol. The lowest BCUT2D eigenvalue weighted by molar-refractivity contribution is 0.0601. The molecule has 0 bridgehead atoms. The summed E-state index contributed by atoms with van der Waals surface area (Å²) >= 11 is 1.47. The van der Waals surface area contributed by atoms with Crippen molar-refractivity contribution in [2.45, 2.75) is 10.9 Å². The number of carbonyl (C=O) groups is 1.